The van der Waals surface area contributed by atoms with Gasteiger partial charge in [-0.15, -0.1) is 0 Å². The van der Waals surface area contributed by atoms with Gasteiger partial charge in [0.1, 0.15) is 5.82 Å². The van der Waals surface area contributed by atoms with E-state index < -0.39 is 0 Å². The Morgan fingerprint density at radius 3 is 2.81 bits per heavy atom. The van der Waals surface area contributed by atoms with E-state index in [9.17, 15) is 0 Å². The van der Waals surface area contributed by atoms with Crippen LogP contribution in [0.25, 0.3) is 0 Å². The summed E-state index contributed by atoms with van der Waals surface area (Å²) in [6.07, 6.45) is 9.44. The number of rotatable bonds is 4. The van der Waals surface area contributed by atoms with Gasteiger partial charge in [-0.2, -0.15) is 0 Å². The highest BCUT2D eigenvalue weighted by atomic mass is 15.1. The molecular weight excluding hydrogens is 260 g/mol. The normalized spacial score (nSPS) is 19.6. The monoisotopic (exact) mass is 282 g/mol. The van der Waals surface area contributed by atoms with Gasteiger partial charge < -0.3 is 0 Å². The molecule has 0 radical (unpaired) electrons. The average Bonchev–Trinajstić information content (AvgIpc) is 2.51. The molecule has 0 spiro atoms. The lowest BCUT2D eigenvalue weighted by atomic mass is 9.93. The van der Waals surface area contributed by atoms with Gasteiger partial charge in [0.25, 0.3) is 0 Å². The van der Waals surface area contributed by atoms with Crippen LogP contribution in [-0.2, 0) is 13.0 Å². The summed E-state index contributed by atoms with van der Waals surface area (Å²) in [4.78, 5) is 15.5. The molecule has 0 aliphatic carbocycles. The zero-order chi connectivity index (χ0) is 14.5. The lowest BCUT2D eigenvalue weighted by molar-refractivity contribution is 0.166. The zero-order valence-electron chi connectivity index (χ0n) is 12.6. The zero-order valence-corrected chi connectivity index (χ0v) is 12.6. The average molecular weight is 282 g/mol. The minimum atomic E-state index is 0.708. The third-order valence-corrected chi connectivity index (χ3v) is 4.07. The predicted octanol–water partition coefficient (Wildman–Crippen LogP) is 2.63. The standard InChI is InChI=1S/C17H22N4/c1-14-19-10-16(11-20-14)13-21-8-4-5-15(12-21)9-17-6-2-3-7-18-17/h2-3,6-7,10-11,15H,4-5,8-9,12-13H2,1H3. The van der Waals surface area contributed by atoms with E-state index >= 15 is 0 Å². The van der Waals surface area contributed by atoms with Crippen molar-refractivity contribution in [1.82, 2.24) is 19.9 Å². The van der Waals surface area contributed by atoms with Gasteiger partial charge in [-0.1, -0.05) is 6.07 Å². The van der Waals surface area contributed by atoms with Crippen LogP contribution >= 0.6 is 0 Å². The molecule has 1 atom stereocenters. The second-order valence-electron chi connectivity index (χ2n) is 5.91. The molecule has 21 heavy (non-hydrogen) atoms. The summed E-state index contributed by atoms with van der Waals surface area (Å²) in [5.41, 5.74) is 2.42. The molecule has 3 heterocycles. The van der Waals surface area contributed by atoms with Crippen molar-refractivity contribution >= 4 is 0 Å². The fraction of sp³-hybridized carbons (Fsp3) is 0.471. The number of hydrogen-bond donors (Lipinski definition) is 0. The third kappa shape index (κ3) is 4.08. The molecular formula is C17H22N4. The van der Waals surface area contributed by atoms with Crippen LogP contribution < -0.4 is 0 Å². The molecule has 2 aromatic rings. The Kier molecular flexibility index (Phi) is 4.55. The SMILES string of the molecule is Cc1ncc(CN2CCCC(Cc3ccccn3)C2)cn1. The van der Waals surface area contributed by atoms with Crippen molar-refractivity contribution in [2.75, 3.05) is 13.1 Å². The molecule has 0 amide bonds. The second-order valence-corrected chi connectivity index (χ2v) is 5.91. The first kappa shape index (κ1) is 14.1. The van der Waals surface area contributed by atoms with E-state index in [0.29, 0.717) is 5.92 Å². The molecule has 0 N–H and O–H groups in total. The van der Waals surface area contributed by atoms with Gasteiger partial charge in [-0.25, -0.2) is 9.97 Å². The fourth-order valence-corrected chi connectivity index (χ4v) is 3.04. The van der Waals surface area contributed by atoms with Gasteiger partial charge in [0.05, 0.1) is 0 Å². The van der Waals surface area contributed by atoms with Crippen LogP contribution in [0.1, 0.15) is 29.9 Å². The minimum absolute atomic E-state index is 0.708. The van der Waals surface area contributed by atoms with Gasteiger partial charge in [-0.05, 0) is 50.8 Å². The van der Waals surface area contributed by atoms with E-state index in [1.807, 2.05) is 31.6 Å². The smallest absolute Gasteiger partial charge is 0.125 e. The fourth-order valence-electron chi connectivity index (χ4n) is 3.04. The van der Waals surface area contributed by atoms with E-state index in [1.54, 1.807) is 0 Å². The number of pyridine rings is 1. The molecule has 4 nitrogen and oxygen atoms in total. The van der Waals surface area contributed by atoms with Crippen LogP contribution in [0.2, 0.25) is 0 Å². The molecule has 1 aliphatic rings. The number of hydrogen-bond acceptors (Lipinski definition) is 4. The summed E-state index contributed by atoms with van der Waals surface area (Å²) in [5, 5.41) is 0. The second kappa shape index (κ2) is 6.76. The summed E-state index contributed by atoms with van der Waals surface area (Å²) in [5.74, 6) is 1.55. The maximum Gasteiger partial charge on any atom is 0.125 e. The van der Waals surface area contributed by atoms with E-state index in [4.69, 9.17) is 0 Å². The van der Waals surface area contributed by atoms with Crippen molar-refractivity contribution in [2.45, 2.75) is 32.7 Å². The summed E-state index contributed by atoms with van der Waals surface area (Å²) in [7, 11) is 0. The van der Waals surface area contributed by atoms with E-state index in [2.05, 4.69) is 32.0 Å². The number of aromatic nitrogens is 3. The van der Waals surface area contributed by atoms with Gasteiger partial charge in [-0.3, -0.25) is 9.88 Å². The summed E-state index contributed by atoms with van der Waals surface area (Å²) in [6.45, 7) is 5.20. The largest absolute Gasteiger partial charge is 0.299 e. The lowest BCUT2D eigenvalue weighted by Crippen LogP contribution is -2.35. The molecule has 4 heteroatoms. The number of nitrogens with zero attached hydrogens (tertiary/aromatic N) is 4. The van der Waals surface area contributed by atoms with Crippen LogP contribution in [-0.4, -0.2) is 32.9 Å². The van der Waals surface area contributed by atoms with Crippen LogP contribution in [0.4, 0.5) is 0 Å². The van der Waals surface area contributed by atoms with Crippen molar-refractivity contribution in [3.63, 3.8) is 0 Å². The van der Waals surface area contributed by atoms with Crippen LogP contribution in [0, 0.1) is 12.8 Å². The van der Waals surface area contributed by atoms with Gasteiger partial charge in [0, 0.05) is 42.9 Å². The Morgan fingerprint density at radius 2 is 2.05 bits per heavy atom. The Morgan fingerprint density at radius 1 is 1.19 bits per heavy atom. The molecule has 1 unspecified atom stereocenters. The molecule has 0 aromatic carbocycles. The molecule has 110 valence electrons. The first-order valence-corrected chi connectivity index (χ1v) is 7.69. The highest BCUT2D eigenvalue weighted by Crippen LogP contribution is 2.21. The third-order valence-electron chi connectivity index (χ3n) is 4.07. The minimum Gasteiger partial charge on any atom is -0.299 e. The van der Waals surface area contributed by atoms with Crippen molar-refractivity contribution in [3.8, 4) is 0 Å². The molecule has 0 bridgehead atoms. The lowest BCUT2D eigenvalue weighted by Gasteiger charge is -2.32. The van der Waals surface area contributed by atoms with Gasteiger partial charge >= 0.3 is 0 Å². The van der Waals surface area contributed by atoms with Gasteiger partial charge in [0.15, 0.2) is 0 Å². The molecule has 0 saturated carbocycles. The summed E-state index contributed by atoms with van der Waals surface area (Å²) in [6, 6.07) is 6.19. The summed E-state index contributed by atoms with van der Waals surface area (Å²) >= 11 is 0. The first-order chi connectivity index (χ1) is 10.3. The molecule has 2 aromatic heterocycles. The molecule has 1 saturated heterocycles. The van der Waals surface area contributed by atoms with E-state index in [0.717, 1.165) is 25.3 Å². The maximum absolute atomic E-state index is 4.45. The van der Waals surface area contributed by atoms with Crippen LogP contribution in [0.15, 0.2) is 36.8 Å². The van der Waals surface area contributed by atoms with Crippen LogP contribution in [0.3, 0.4) is 0 Å². The van der Waals surface area contributed by atoms with Gasteiger partial charge in [0.2, 0.25) is 0 Å². The maximum atomic E-state index is 4.45. The first-order valence-electron chi connectivity index (χ1n) is 7.69. The molecule has 1 fully saturated rings. The number of likely N-dealkylation sites (tertiary alicyclic amines) is 1. The Hall–Kier alpha value is -1.81. The van der Waals surface area contributed by atoms with Crippen LogP contribution in [0.5, 0.6) is 0 Å². The van der Waals surface area contributed by atoms with E-state index in [-0.39, 0.29) is 0 Å². The van der Waals surface area contributed by atoms with Crippen molar-refractivity contribution in [3.05, 3.63) is 53.9 Å². The topological polar surface area (TPSA) is 41.9 Å². The Bertz CT molecular complexity index is 553. The van der Waals surface area contributed by atoms with E-state index in [1.165, 1.54) is 30.6 Å². The molecule has 1 aliphatic heterocycles. The Labute approximate surface area is 126 Å². The quantitative estimate of drug-likeness (QED) is 0.864. The summed E-state index contributed by atoms with van der Waals surface area (Å²) < 4.78 is 0. The highest BCUT2D eigenvalue weighted by molar-refractivity contribution is 5.06. The predicted molar refractivity (Wildman–Crippen MR) is 82.7 cm³/mol. The Balaban J connectivity index is 1.57. The van der Waals surface area contributed by atoms with Crippen molar-refractivity contribution in [2.24, 2.45) is 5.92 Å². The van der Waals surface area contributed by atoms with Crippen molar-refractivity contribution < 1.29 is 0 Å². The number of piperidine rings is 1. The number of aryl methyl sites for hydroxylation is 1. The molecule has 3 rings (SSSR count). The highest BCUT2D eigenvalue weighted by Gasteiger charge is 2.20. The van der Waals surface area contributed by atoms with Crippen molar-refractivity contribution in [1.29, 1.82) is 0 Å².